The van der Waals surface area contributed by atoms with E-state index in [2.05, 4.69) is 113 Å². The third-order valence-corrected chi connectivity index (χ3v) is 21.3. The minimum atomic E-state index is -3.74. The van der Waals surface area contributed by atoms with Crippen LogP contribution in [0.1, 0.15) is 186 Å². The van der Waals surface area contributed by atoms with Gasteiger partial charge in [-0.3, -0.25) is 24.0 Å². The van der Waals surface area contributed by atoms with Crippen molar-refractivity contribution in [3.8, 4) is 34.5 Å². The number of carbonyl (C=O) groups is 6. The van der Waals surface area contributed by atoms with E-state index >= 15 is 13.2 Å². The van der Waals surface area contributed by atoms with Crippen LogP contribution in [-0.2, 0) is 100 Å². The minimum absolute atomic E-state index is 0.0647. The summed E-state index contributed by atoms with van der Waals surface area (Å²) in [6, 6.07) is 28.7. The fourth-order valence-electron chi connectivity index (χ4n) is 15.4. The van der Waals surface area contributed by atoms with E-state index in [1.165, 1.54) is 68.4 Å². The minimum Gasteiger partial charge on any atom is -0.444 e. The number of aromatic nitrogens is 3. The number of rotatable bonds is 20. The zero-order valence-electron chi connectivity index (χ0n) is 67.0. The molecule has 19 nitrogen and oxygen atoms in total. The molecular formula is C87H94ClF9N6O13. The first-order chi connectivity index (χ1) is 53.9. The van der Waals surface area contributed by atoms with Crippen LogP contribution in [0.15, 0.2) is 109 Å². The summed E-state index contributed by atoms with van der Waals surface area (Å²) >= 11 is 4.64. The summed E-state index contributed by atoms with van der Waals surface area (Å²) in [6.07, 6.45) is -8.70. The van der Waals surface area contributed by atoms with Crippen molar-refractivity contribution in [2.45, 2.75) is 231 Å². The predicted molar refractivity (Wildman–Crippen MR) is 417 cm³/mol. The van der Waals surface area contributed by atoms with Gasteiger partial charge in [0.25, 0.3) is 0 Å². The Morgan fingerprint density at radius 3 is 0.957 bits per heavy atom. The van der Waals surface area contributed by atoms with Crippen molar-refractivity contribution in [2.75, 3.05) is 19.6 Å². The summed E-state index contributed by atoms with van der Waals surface area (Å²) in [4.78, 5) is 72.9. The van der Waals surface area contributed by atoms with E-state index in [9.17, 15) is 55.1 Å². The maximum Gasteiger partial charge on any atom is 0.586 e. The van der Waals surface area contributed by atoms with Crippen LogP contribution in [0.4, 0.5) is 44.3 Å². The zero-order chi connectivity index (χ0) is 84.8. The van der Waals surface area contributed by atoms with Crippen molar-refractivity contribution in [2.24, 2.45) is 5.73 Å². The van der Waals surface area contributed by atoms with E-state index in [0.29, 0.717) is 105 Å². The molecule has 4 N–H and O–H groups in total. The molecule has 0 unspecified atom stereocenters. The Morgan fingerprint density at radius 2 is 0.698 bits per heavy atom. The van der Waals surface area contributed by atoms with Crippen LogP contribution in [0.5, 0.6) is 34.5 Å². The molecule has 2 amide bonds. The smallest absolute Gasteiger partial charge is 0.444 e. The van der Waals surface area contributed by atoms with Crippen LogP contribution >= 0.6 is 11.6 Å². The largest absolute Gasteiger partial charge is 0.586 e. The monoisotopic (exact) mass is 1640 g/mol. The number of hydrogen-bond donors (Lipinski definition) is 3. The molecule has 3 aliphatic carbocycles. The SMILES string of the molecule is CC(=O)Cl.CC(=O)NCCn1c(C(C)(C)C)cc2cc(CC(=O)C3(c4ccc5c(c4)OC(F)(F)O5)CC3)c(F)cc21.CC(C)(C)OC(=O)NCCn1c(C(C)(C)C)cc2cc(CC(=O)C3(c4ccc5c(c4)OC(F)(F)O5)CC3)c(F)cc21.CC(C)(C)c1cc2cc(CC(=O)C3(c4ccc5c(c4)OC(F)(F)O5)CC3)c(F)cc2n1CCN. The van der Waals surface area contributed by atoms with E-state index in [0.717, 1.165) is 38.8 Å². The summed E-state index contributed by atoms with van der Waals surface area (Å²) < 4.78 is 165. The van der Waals surface area contributed by atoms with Gasteiger partial charge in [-0.25, -0.2) is 18.0 Å². The Labute approximate surface area is 669 Å². The highest BCUT2D eigenvalue weighted by Crippen LogP contribution is 2.56. The number of benzene rings is 6. The lowest BCUT2D eigenvalue weighted by Crippen LogP contribution is -2.34. The number of nitrogens with zero attached hydrogens (tertiary/aromatic N) is 3. The normalized spacial score (nSPS) is 16.9. The summed E-state index contributed by atoms with van der Waals surface area (Å²) in [5.41, 5.74) is 9.68. The van der Waals surface area contributed by atoms with Crippen LogP contribution in [0.25, 0.3) is 32.7 Å². The van der Waals surface area contributed by atoms with Gasteiger partial charge in [0.15, 0.2) is 34.5 Å². The van der Waals surface area contributed by atoms with Gasteiger partial charge in [0.1, 0.15) is 40.4 Å². The molecule has 116 heavy (non-hydrogen) atoms. The molecule has 0 bridgehead atoms. The lowest BCUT2D eigenvalue weighted by molar-refractivity contribution is -0.287. The van der Waals surface area contributed by atoms with Crippen molar-refractivity contribution < 1.29 is 101 Å². The van der Waals surface area contributed by atoms with Gasteiger partial charge in [0.2, 0.25) is 11.1 Å². The van der Waals surface area contributed by atoms with Gasteiger partial charge in [-0.05, 0) is 195 Å². The average Bonchev–Trinajstić information content (AvgIpc) is 1.57. The lowest BCUT2D eigenvalue weighted by Gasteiger charge is -2.23. The van der Waals surface area contributed by atoms with Crippen LogP contribution in [0, 0.1) is 17.5 Å². The third kappa shape index (κ3) is 18.4. The Kier molecular flexibility index (Phi) is 22.8. The second kappa shape index (κ2) is 31.0. The second-order valence-corrected chi connectivity index (χ2v) is 35.0. The third-order valence-electron chi connectivity index (χ3n) is 21.3. The van der Waals surface area contributed by atoms with E-state index in [1.54, 1.807) is 57.2 Å². The molecule has 0 spiro atoms. The number of ether oxygens (including phenoxy) is 7. The molecule has 0 radical (unpaired) electrons. The molecule has 3 aliphatic heterocycles. The Balaban J connectivity index is 0.000000157. The quantitative estimate of drug-likeness (QED) is 0.0476. The molecule has 6 aliphatic rings. The number of fused-ring (bicyclic) bond motifs is 6. The fraction of sp³-hybridized carbons (Fsp3) is 0.448. The standard InChI is InChI=1S/C31H35F3N2O5.C28H29F3N2O4.C26H27F3N2O3.C2H3ClO/c1-28(2,3)25-14-19-13-18(21(32)17-22(19)36(25)12-11-35-27(38)41-29(4,5)6)15-26(37)30(9-10-30)20-7-8-23-24(16-20)40-31(33,34)39-23;1-16(34)32-9-10-33-21-15-20(29)17(11-18(21)12-24(33)26(2,3)4)13-25(35)27(7-8-27)19-5-6-22-23(14-19)37-28(30,31)36-22;1-24(2,3)22-11-16-10-15(18(27)14-19(16)31(22)9-8-30)12-23(32)25(6-7-25)17-4-5-20-21(13-17)34-26(28,29)33-20;1-2(3)4/h7-8,13-14,16-17H,9-12,15H2,1-6H3,(H,35,38);5-6,11-12,14-15H,7-10,13H2,1-4H3,(H,32,34);4-5,10-11,13-14H,6-9,12,30H2,1-3H3;1H3. The van der Waals surface area contributed by atoms with Crippen molar-refractivity contribution >= 4 is 78.9 Å². The van der Waals surface area contributed by atoms with Gasteiger partial charge in [0.05, 0.1) is 32.8 Å². The predicted octanol–water partition coefficient (Wildman–Crippen LogP) is 18.1. The molecule has 3 fully saturated rings. The van der Waals surface area contributed by atoms with Gasteiger partial charge < -0.3 is 63.2 Å². The zero-order valence-corrected chi connectivity index (χ0v) is 67.8. The molecule has 0 atom stereocenters. The lowest BCUT2D eigenvalue weighted by atomic mass is 9.87. The van der Waals surface area contributed by atoms with Crippen molar-refractivity contribution in [1.29, 1.82) is 0 Å². The molecule has 3 aromatic heterocycles. The fourth-order valence-corrected chi connectivity index (χ4v) is 15.4. The van der Waals surface area contributed by atoms with Crippen molar-refractivity contribution in [3.05, 3.63) is 177 Å². The van der Waals surface area contributed by atoms with Crippen LogP contribution in [0.3, 0.4) is 0 Å². The van der Waals surface area contributed by atoms with Crippen molar-refractivity contribution in [3.63, 3.8) is 0 Å². The number of hydrogen-bond acceptors (Lipinski definition) is 14. The average molecular weight is 1640 g/mol. The van der Waals surface area contributed by atoms with Gasteiger partial charge in [-0.2, -0.15) is 0 Å². The van der Waals surface area contributed by atoms with E-state index < -0.39 is 64.3 Å². The highest BCUT2D eigenvalue weighted by Gasteiger charge is 2.55. The molecule has 29 heteroatoms. The Morgan fingerprint density at radius 1 is 0.422 bits per heavy atom. The number of ketones is 3. The number of nitrogens with two attached hydrogens (primary N) is 1. The highest BCUT2D eigenvalue weighted by molar-refractivity contribution is 6.62. The summed E-state index contributed by atoms with van der Waals surface area (Å²) in [6.45, 7) is 29.3. The topological polar surface area (TPSA) is 232 Å². The van der Waals surface area contributed by atoms with E-state index in [1.807, 2.05) is 31.9 Å². The molecule has 0 saturated heterocycles. The molecule has 6 aromatic carbocycles. The van der Waals surface area contributed by atoms with Gasteiger partial charge >= 0.3 is 25.0 Å². The first-order valence-electron chi connectivity index (χ1n) is 38.3. The maximum atomic E-state index is 15.5. The van der Waals surface area contributed by atoms with Crippen LogP contribution < -0.4 is 44.8 Å². The van der Waals surface area contributed by atoms with Crippen LogP contribution in [0.2, 0.25) is 0 Å². The van der Waals surface area contributed by atoms with Gasteiger partial charge in [0, 0.05) is 122 Å². The van der Waals surface area contributed by atoms with E-state index in [-0.39, 0.29) is 116 Å². The van der Waals surface area contributed by atoms with E-state index in [4.69, 9.17) is 10.5 Å². The molecule has 620 valence electrons. The maximum absolute atomic E-state index is 15.5. The molecule has 15 rings (SSSR count). The first kappa shape index (κ1) is 85.2. The van der Waals surface area contributed by atoms with Gasteiger partial charge in [-0.15, -0.1) is 26.3 Å². The first-order valence-corrected chi connectivity index (χ1v) is 38.7. The second-order valence-electron chi connectivity index (χ2n) is 34.5. The molecular weight excluding hydrogens is 1540 g/mol. The highest BCUT2D eigenvalue weighted by atomic mass is 35.5. The molecule has 9 aromatic rings. The van der Waals surface area contributed by atoms with Crippen molar-refractivity contribution in [1.82, 2.24) is 24.3 Å². The Bertz CT molecular complexity index is 5390. The number of carbonyl (C=O) groups excluding carboxylic acids is 6. The summed E-state index contributed by atoms with van der Waals surface area (Å²) in [5.74, 6) is -2.61. The molecule has 3 saturated carbocycles. The summed E-state index contributed by atoms with van der Waals surface area (Å²) in [5, 5.41) is 7.63. The number of halogens is 10. The number of Topliss-reactive ketones (excluding diaryl/α,β-unsaturated/α-hetero) is 3. The number of nitrogens with one attached hydrogen (secondary N) is 2. The summed E-state index contributed by atoms with van der Waals surface area (Å²) in [7, 11) is 0. The number of alkyl carbamates (subject to hydrolysis) is 1. The Hall–Kier alpha value is -10.2. The van der Waals surface area contributed by atoms with Crippen LogP contribution in [-0.4, -0.2) is 92.4 Å². The number of amides is 2. The number of alkyl halides is 6. The molecule has 6 heterocycles. The van der Waals surface area contributed by atoms with Gasteiger partial charge in [-0.1, -0.05) is 80.5 Å².